The fourth-order valence-corrected chi connectivity index (χ4v) is 2.53. The van der Waals surface area contributed by atoms with Gasteiger partial charge in [-0.2, -0.15) is 0 Å². The van der Waals surface area contributed by atoms with E-state index in [1.165, 1.54) is 11.8 Å². The Morgan fingerprint density at radius 3 is 3.20 bits per heavy atom. The number of aryl methyl sites for hydroxylation is 1. The van der Waals surface area contributed by atoms with E-state index in [0.717, 1.165) is 10.7 Å². The van der Waals surface area contributed by atoms with Crippen LogP contribution < -0.4 is 5.32 Å². The van der Waals surface area contributed by atoms with E-state index >= 15 is 0 Å². The summed E-state index contributed by atoms with van der Waals surface area (Å²) in [5.41, 5.74) is 1.00. The Hall–Kier alpha value is -2.28. The number of carbonyl (C=O) groups is 1. The van der Waals surface area contributed by atoms with E-state index in [1.54, 1.807) is 19.2 Å². The molecular formula is C13H12N4O2S. The molecule has 3 aromatic heterocycles. The van der Waals surface area contributed by atoms with Crippen LogP contribution in [0.5, 0.6) is 0 Å². The monoisotopic (exact) mass is 288 g/mol. The van der Waals surface area contributed by atoms with Crippen LogP contribution in [0.15, 0.2) is 46.3 Å². The quantitative estimate of drug-likeness (QED) is 0.746. The van der Waals surface area contributed by atoms with E-state index < -0.39 is 0 Å². The highest BCUT2D eigenvalue weighted by atomic mass is 32.2. The fraction of sp³-hybridized carbons (Fsp3) is 0.154. The van der Waals surface area contributed by atoms with Crippen LogP contribution in [0, 0.1) is 6.92 Å². The molecule has 0 aliphatic carbocycles. The van der Waals surface area contributed by atoms with Crippen LogP contribution in [-0.4, -0.2) is 26.2 Å². The second-order valence-electron chi connectivity index (χ2n) is 4.20. The third kappa shape index (κ3) is 2.67. The number of aromatic nitrogens is 3. The first kappa shape index (κ1) is 12.7. The highest BCUT2D eigenvalue weighted by Crippen LogP contribution is 2.18. The van der Waals surface area contributed by atoms with Gasteiger partial charge < -0.3 is 9.84 Å². The van der Waals surface area contributed by atoms with Crippen LogP contribution >= 0.6 is 11.8 Å². The van der Waals surface area contributed by atoms with Crippen LogP contribution in [0.4, 0.5) is 5.82 Å². The van der Waals surface area contributed by atoms with Gasteiger partial charge in [-0.15, -0.1) is 0 Å². The number of imidazole rings is 1. The number of amides is 1. The molecule has 0 aliphatic rings. The number of fused-ring (bicyclic) bond motifs is 1. The molecule has 0 radical (unpaired) electrons. The number of pyridine rings is 1. The van der Waals surface area contributed by atoms with Crippen LogP contribution in [0.25, 0.3) is 5.52 Å². The maximum atomic E-state index is 11.8. The third-order valence-electron chi connectivity index (χ3n) is 2.63. The van der Waals surface area contributed by atoms with Crippen molar-refractivity contribution in [3.8, 4) is 0 Å². The molecule has 0 unspecified atom stereocenters. The summed E-state index contributed by atoms with van der Waals surface area (Å²) in [6, 6.07) is 7.52. The van der Waals surface area contributed by atoms with E-state index in [9.17, 15) is 4.79 Å². The van der Waals surface area contributed by atoms with Crippen molar-refractivity contribution < 1.29 is 9.32 Å². The SMILES string of the molecule is Cc1cc(NC(=O)CSc2ncc3ccccn23)no1. The summed E-state index contributed by atoms with van der Waals surface area (Å²) in [7, 11) is 0. The fourth-order valence-electron chi connectivity index (χ4n) is 1.76. The van der Waals surface area contributed by atoms with Crippen molar-refractivity contribution in [2.75, 3.05) is 11.1 Å². The molecule has 6 nitrogen and oxygen atoms in total. The van der Waals surface area contributed by atoms with Gasteiger partial charge in [0.05, 0.1) is 17.5 Å². The van der Waals surface area contributed by atoms with E-state index in [4.69, 9.17) is 4.52 Å². The Labute approximate surface area is 119 Å². The van der Waals surface area contributed by atoms with Gasteiger partial charge in [0.15, 0.2) is 11.0 Å². The lowest BCUT2D eigenvalue weighted by molar-refractivity contribution is -0.113. The van der Waals surface area contributed by atoms with Gasteiger partial charge in [0, 0.05) is 12.3 Å². The van der Waals surface area contributed by atoms with Crippen LogP contribution in [-0.2, 0) is 4.79 Å². The van der Waals surface area contributed by atoms with E-state index in [2.05, 4.69) is 15.5 Å². The second kappa shape index (κ2) is 5.38. The van der Waals surface area contributed by atoms with Gasteiger partial charge in [0.1, 0.15) is 5.76 Å². The second-order valence-corrected chi connectivity index (χ2v) is 5.14. The Kier molecular flexibility index (Phi) is 3.42. The molecule has 20 heavy (non-hydrogen) atoms. The summed E-state index contributed by atoms with van der Waals surface area (Å²) in [6.45, 7) is 1.77. The maximum absolute atomic E-state index is 11.8. The highest BCUT2D eigenvalue weighted by molar-refractivity contribution is 7.99. The molecule has 0 aromatic carbocycles. The molecule has 0 atom stereocenters. The standard InChI is InChI=1S/C13H12N4O2S/c1-9-6-11(16-19-9)15-12(18)8-20-13-14-7-10-4-2-3-5-17(10)13/h2-7H,8H2,1H3,(H,15,16,18). The Morgan fingerprint density at radius 1 is 1.50 bits per heavy atom. The molecule has 3 heterocycles. The summed E-state index contributed by atoms with van der Waals surface area (Å²) in [5.74, 6) is 1.21. The molecule has 0 bridgehead atoms. The van der Waals surface area contributed by atoms with Gasteiger partial charge in [-0.1, -0.05) is 23.0 Å². The number of anilines is 1. The lowest BCUT2D eigenvalue weighted by atomic mass is 10.4. The Morgan fingerprint density at radius 2 is 2.40 bits per heavy atom. The summed E-state index contributed by atoms with van der Waals surface area (Å²) in [5, 5.41) is 7.17. The van der Waals surface area contributed by atoms with E-state index in [0.29, 0.717) is 11.6 Å². The predicted octanol–water partition coefficient (Wildman–Crippen LogP) is 2.36. The van der Waals surface area contributed by atoms with E-state index in [1.807, 2.05) is 28.8 Å². The average molecular weight is 288 g/mol. The lowest BCUT2D eigenvalue weighted by Gasteiger charge is -2.01. The third-order valence-corrected chi connectivity index (χ3v) is 3.60. The Balaban J connectivity index is 1.63. The molecule has 0 fully saturated rings. The van der Waals surface area contributed by atoms with Gasteiger partial charge in [-0.3, -0.25) is 9.20 Å². The van der Waals surface area contributed by atoms with Crippen molar-refractivity contribution in [1.29, 1.82) is 0 Å². The highest BCUT2D eigenvalue weighted by Gasteiger charge is 2.09. The number of carbonyl (C=O) groups excluding carboxylic acids is 1. The summed E-state index contributed by atoms with van der Waals surface area (Å²) >= 11 is 1.37. The molecule has 3 aromatic rings. The van der Waals surface area contributed by atoms with Gasteiger partial charge >= 0.3 is 0 Å². The van der Waals surface area contributed by atoms with Gasteiger partial charge in [0.25, 0.3) is 0 Å². The number of nitrogens with one attached hydrogen (secondary N) is 1. The van der Waals surface area contributed by atoms with Crippen molar-refractivity contribution >= 4 is 29.0 Å². The van der Waals surface area contributed by atoms with Gasteiger partial charge in [-0.25, -0.2) is 4.98 Å². The van der Waals surface area contributed by atoms with E-state index in [-0.39, 0.29) is 11.7 Å². The first-order chi connectivity index (χ1) is 9.72. The van der Waals surface area contributed by atoms with Crippen molar-refractivity contribution in [2.45, 2.75) is 12.1 Å². The zero-order valence-electron chi connectivity index (χ0n) is 10.7. The molecular weight excluding hydrogens is 276 g/mol. The first-order valence-electron chi connectivity index (χ1n) is 6.00. The summed E-state index contributed by atoms with van der Waals surface area (Å²) in [6.07, 6.45) is 3.70. The molecule has 3 rings (SSSR count). The molecule has 0 aliphatic heterocycles. The molecule has 0 spiro atoms. The van der Waals surface area contributed by atoms with Crippen molar-refractivity contribution in [2.24, 2.45) is 0 Å². The zero-order chi connectivity index (χ0) is 13.9. The smallest absolute Gasteiger partial charge is 0.236 e. The lowest BCUT2D eigenvalue weighted by Crippen LogP contribution is -2.14. The Bertz CT molecular complexity index is 750. The van der Waals surface area contributed by atoms with Gasteiger partial charge in [-0.05, 0) is 19.1 Å². The van der Waals surface area contributed by atoms with Crippen LogP contribution in [0.3, 0.4) is 0 Å². The van der Waals surface area contributed by atoms with Crippen LogP contribution in [0.2, 0.25) is 0 Å². The molecule has 0 saturated heterocycles. The number of rotatable bonds is 4. The zero-order valence-corrected chi connectivity index (χ0v) is 11.6. The van der Waals surface area contributed by atoms with Crippen molar-refractivity contribution in [1.82, 2.24) is 14.5 Å². The predicted molar refractivity (Wildman–Crippen MR) is 75.8 cm³/mol. The first-order valence-corrected chi connectivity index (χ1v) is 6.99. The van der Waals surface area contributed by atoms with Crippen molar-refractivity contribution in [3.63, 3.8) is 0 Å². The molecule has 7 heteroatoms. The molecule has 1 amide bonds. The minimum atomic E-state index is -0.143. The largest absolute Gasteiger partial charge is 0.360 e. The minimum absolute atomic E-state index is 0.143. The minimum Gasteiger partial charge on any atom is -0.360 e. The number of hydrogen-bond donors (Lipinski definition) is 1. The van der Waals surface area contributed by atoms with Crippen LogP contribution in [0.1, 0.15) is 5.76 Å². The number of thioether (sulfide) groups is 1. The summed E-state index contributed by atoms with van der Waals surface area (Å²) in [4.78, 5) is 16.1. The molecule has 0 saturated carbocycles. The number of hydrogen-bond acceptors (Lipinski definition) is 5. The normalized spacial score (nSPS) is 10.8. The van der Waals surface area contributed by atoms with Gasteiger partial charge in [0.2, 0.25) is 5.91 Å². The average Bonchev–Trinajstić information content (AvgIpc) is 3.03. The topological polar surface area (TPSA) is 72.4 Å². The molecule has 1 N–H and O–H groups in total. The number of nitrogens with zero attached hydrogens (tertiary/aromatic N) is 3. The molecule has 102 valence electrons. The summed E-state index contributed by atoms with van der Waals surface area (Å²) < 4.78 is 6.83. The maximum Gasteiger partial charge on any atom is 0.236 e. The van der Waals surface area contributed by atoms with Crippen molar-refractivity contribution in [3.05, 3.63) is 42.4 Å².